The molecule has 1 aromatic rings. The summed E-state index contributed by atoms with van der Waals surface area (Å²) < 4.78 is 37.2. The zero-order valence-corrected chi connectivity index (χ0v) is 11.5. The number of halogens is 3. The number of hydrogen-bond donors (Lipinski definition) is 3. The number of nitrogens with one attached hydrogen (secondary N) is 2. The van der Waals surface area contributed by atoms with Crippen LogP contribution in [0, 0.1) is 0 Å². The van der Waals surface area contributed by atoms with Crippen LogP contribution in [0.15, 0.2) is 24.3 Å². The molecule has 1 aliphatic rings. The molecule has 1 fully saturated rings. The molecule has 0 saturated heterocycles. The second kappa shape index (κ2) is 6.35. The van der Waals surface area contributed by atoms with Gasteiger partial charge in [0.2, 0.25) is 0 Å². The minimum Gasteiger partial charge on any atom is -0.387 e. The van der Waals surface area contributed by atoms with Gasteiger partial charge in [-0.1, -0.05) is 12.1 Å². The average molecular weight is 316 g/mol. The summed E-state index contributed by atoms with van der Waals surface area (Å²) in [5.74, 6) is -1.65. The first kappa shape index (κ1) is 16.3. The highest BCUT2D eigenvalue weighted by molar-refractivity contribution is 6.35. The molecular weight excluding hydrogens is 301 g/mol. The van der Waals surface area contributed by atoms with E-state index >= 15 is 0 Å². The number of alkyl halides is 3. The van der Waals surface area contributed by atoms with E-state index in [0.717, 1.165) is 37.1 Å². The zero-order valence-electron chi connectivity index (χ0n) is 11.5. The predicted octanol–water partition coefficient (Wildman–Crippen LogP) is 1.13. The molecule has 8 heteroatoms. The van der Waals surface area contributed by atoms with Crippen molar-refractivity contribution in [3.8, 4) is 0 Å². The number of rotatable bonds is 4. The van der Waals surface area contributed by atoms with Crippen LogP contribution in [-0.4, -0.2) is 29.5 Å². The van der Waals surface area contributed by atoms with Crippen molar-refractivity contribution in [1.82, 2.24) is 10.6 Å². The van der Waals surface area contributed by atoms with E-state index in [4.69, 9.17) is 0 Å². The molecular formula is C14H15F3N2O3. The van der Waals surface area contributed by atoms with Crippen LogP contribution in [0.3, 0.4) is 0 Å². The lowest BCUT2D eigenvalue weighted by Crippen LogP contribution is -2.42. The van der Waals surface area contributed by atoms with E-state index < -0.39 is 29.7 Å². The topological polar surface area (TPSA) is 78.4 Å². The lowest BCUT2D eigenvalue weighted by molar-refractivity contribution is -0.139. The van der Waals surface area contributed by atoms with Crippen molar-refractivity contribution in [1.29, 1.82) is 0 Å². The molecule has 0 aliphatic heterocycles. The molecule has 2 rings (SSSR count). The minimum absolute atomic E-state index is 0.0399. The SMILES string of the molecule is O=C(NCC(O)c1ccc(C(F)(F)F)cc1)C(=O)NC1CC1. The van der Waals surface area contributed by atoms with Gasteiger partial charge < -0.3 is 15.7 Å². The Morgan fingerprint density at radius 1 is 1.18 bits per heavy atom. The molecule has 0 radical (unpaired) electrons. The summed E-state index contributed by atoms with van der Waals surface area (Å²) in [7, 11) is 0. The number of aliphatic hydroxyl groups excluding tert-OH is 1. The normalized spacial score (nSPS) is 16.0. The monoisotopic (exact) mass is 316 g/mol. The summed E-state index contributed by atoms with van der Waals surface area (Å²) in [5, 5.41) is 14.5. The molecule has 22 heavy (non-hydrogen) atoms. The first-order valence-corrected chi connectivity index (χ1v) is 6.71. The van der Waals surface area contributed by atoms with E-state index in [9.17, 15) is 27.9 Å². The summed E-state index contributed by atoms with van der Waals surface area (Å²) >= 11 is 0. The van der Waals surface area contributed by atoms with Gasteiger partial charge >= 0.3 is 18.0 Å². The zero-order chi connectivity index (χ0) is 16.3. The summed E-state index contributed by atoms with van der Waals surface area (Å²) in [5.41, 5.74) is -0.604. The predicted molar refractivity (Wildman–Crippen MR) is 70.6 cm³/mol. The fourth-order valence-electron chi connectivity index (χ4n) is 1.76. The lowest BCUT2D eigenvalue weighted by Gasteiger charge is -2.13. The van der Waals surface area contributed by atoms with Gasteiger partial charge in [0.1, 0.15) is 0 Å². The van der Waals surface area contributed by atoms with E-state index in [1.807, 2.05) is 0 Å². The second-order valence-electron chi connectivity index (χ2n) is 5.09. The van der Waals surface area contributed by atoms with Crippen molar-refractivity contribution in [3.63, 3.8) is 0 Å². The first-order valence-electron chi connectivity index (χ1n) is 6.71. The molecule has 120 valence electrons. The highest BCUT2D eigenvalue weighted by atomic mass is 19.4. The van der Waals surface area contributed by atoms with Crippen molar-refractivity contribution >= 4 is 11.8 Å². The summed E-state index contributed by atoms with van der Waals surface area (Å²) in [4.78, 5) is 22.8. The molecule has 1 saturated carbocycles. The van der Waals surface area contributed by atoms with Crippen LogP contribution in [0.25, 0.3) is 0 Å². The molecule has 0 bridgehead atoms. The van der Waals surface area contributed by atoms with E-state index in [-0.39, 0.29) is 18.2 Å². The van der Waals surface area contributed by atoms with Gasteiger partial charge in [0.15, 0.2) is 0 Å². The van der Waals surface area contributed by atoms with Gasteiger partial charge in [-0.15, -0.1) is 0 Å². The largest absolute Gasteiger partial charge is 0.416 e. The van der Waals surface area contributed by atoms with Gasteiger partial charge in [0, 0.05) is 12.6 Å². The second-order valence-corrected chi connectivity index (χ2v) is 5.09. The quantitative estimate of drug-likeness (QED) is 0.729. The van der Waals surface area contributed by atoms with Crippen molar-refractivity contribution in [2.75, 3.05) is 6.54 Å². The first-order chi connectivity index (χ1) is 10.3. The minimum atomic E-state index is -4.45. The van der Waals surface area contributed by atoms with E-state index in [0.29, 0.717) is 0 Å². The van der Waals surface area contributed by atoms with Crippen LogP contribution in [-0.2, 0) is 15.8 Å². The summed E-state index contributed by atoms with van der Waals surface area (Å²) in [6.45, 7) is -0.262. The van der Waals surface area contributed by atoms with Crippen LogP contribution < -0.4 is 10.6 Å². The fraction of sp³-hybridized carbons (Fsp3) is 0.429. The van der Waals surface area contributed by atoms with Crippen molar-refractivity contribution in [2.24, 2.45) is 0 Å². The Balaban J connectivity index is 1.84. The number of carbonyl (C=O) groups is 2. The number of hydrogen-bond acceptors (Lipinski definition) is 3. The Bertz CT molecular complexity index is 553. The lowest BCUT2D eigenvalue weighted by atomic mass is 10.1. The van der Waals surface area contributed by atoms with Gasteiger partial charge in [0.05, 0.1) is 11.7 Å². The third kappa shape index (κ3) is 4.45. The van der Waals surface area contributed by atoms with E-state index in [1.54, 1.807) is 0 Å². The van der Waals surface area contributed by atoms with Crippen LogP contribution in [0.5, 0.6) is 0 Å². The van der Waals surface area contributed by atoms with Gasteiger partial charge in [-0.3, -0.25) is 9.59 Å². The maximum atomic E-state index is 12.4. The molecule has 0 heterocycles. The van der Waals surface area contributed by atoms with Crippen molar-refractivity contribution in [3.05, 3.63) is 35.4 Å². The molecule has 1 aliphatic carbocycles. The molecule has 0 spiro atoms. The Morgan fingerprint density at radius 2 is 1.77 bits per heavy atom. The average Bonchev–Trinajstić information content (AvgIpc) is 3.27. The van der Waals surface area contributed by atoms with Crippen molar-refractivity contribution in [2.45, 2.75) is 31.2 Å². The molecule has 2 amide bonds. The highest BCUT2D eigenvalue weighted by Crippen LogP contribution is 2.29. The third-order valence-corrected chi connectivity index (χ3v) is 3.20. The molecule has 1 aromatic carbocycles. The van der Waals surface area contributed by atoms with Gasteiger partial charge in [-0.2, -0.15) is 13.2 Å². The summed E-state index contributed by atoms with van der Waals surface area (Å²) in [6, 6.07) is 3.99. The van der Waals surface area contributed by atoms with Crippen LogP contribution >= 0.6 is 0 Å². The molecule has 3 N–H and O–H groups in total. The van der Waals surface area contributed by atoms with Gasteiger partial charge in [-0.25, -0.2) is 0 Å². The maximum absolute atomic E-state index is 12.4. The molecule has 0 aromatic heterocycles. The van der Waals surface area contributed by atoms with Crippen LogP contribution in [0.2, 0.25) is 0 Å². The standard InChI is InChI=1S/C14H15F3N2O3/c15-14(16,17)9-3-1-8(2-4-9)11(20)7-18-12(21)13(22)19-10-5-6-10/h1-4,10-11,20H,5-7H2,(H,18,21)(H,19,22). The smallest absolute Gasteiger partial charge is 0.387 e. The Hall–Kier alpha value is -2.09. The summed E-state index contributed by atoms with van der Waals surface area (Å²) in [6.07, 6.45) is -3.96. The number of aliphatic hydroxyl groups is 1. The third-order valence-electron chi connectivity index (χ3n) is 3.20. The van der Waals surface area contributed by atoms with E-state index in [2.05, 4.69) is 10.6 Å². The Kier molecular flexibility index (Phi) is 4.70. The Morgan fingerprint density at radius 3 is 2.27 bits per heavy atom. The number of amides is 2. The number of carbonyl (C=O) groups excluding carboxylic acids is 2. The maximum Gasteiger partial charge on any atom is 0.416 e. The molecule has 1 unspecified atom stereocenters. The van der Waals surface area contributed by atoms with E-state index in [1.165, 1.54) is 0 Å². The van der Waals surface area contributed by atoms with Crippen LogP contribution in [0.1, 0.15) is 30.1 Å². The molecule has 5 nitrogen and oxygen atoms in total. The van der Waals surface area contributed by atoms with Gasteiger partial charge in [-0.05, 0) is 30.5 Å². The fourth-order valence-corrected chi connectivity index (χ4v) is 1.76. The van der Waals surface area contributed by atoms with Crippen LogP contribution in [0.4, 0.5) is 13.2 Å². The number of benzene rings is 1. The highest BCUT2D eigenvalue weighted by Gasteiger charge is 2.30. The van der Waals surface area contributed by atoms with Crippen molar-refractivity contribution < 1.29 is 27.9 Å². The Labute approximate surface area is 124 Å². The molecule has 1 atom stereocenters. The van der Waals surface area contributed by atoms with Gasteiger partial charge in [0.25, 0.3) is 0 Å².